The summed E-state index contributed by atoms with van der Waals surface area (Å²) in [6.07, 6.45) is 3.20. The Labute approximate surface area is 69.2 Å². The fraction of sp³-hybridized carbons (Fsp3) is 0.900. The van der Waals surface area contributed by atoms with Crippen LogP contribution in [0.15, 0.2) is 0 Å². The van der Waals surface area contributed by atoms with Gasteiger partial charge in [0.25, 0.3) is 0 Å². The third-order valence-electron chi connectivity index (χ3n) is 2.93. The van der Waals surface area contributed by atoms with Gasteiger partial charge in [-0.2, -0.15) is 0 Å². The molecule has 1 unspecified atom stereocenters. The van der Waals surface area contributed by atoms with Crippen molar-refractivity contribution in [2.24, 2.45) is 17.8 Å². The smallest absolute Gasteiger partial charge is 0.135 e. The molecule has 11 heavy (non-hydrogen) atoms. The van der Waals surface area contributed by atoms with Crippen molar-refractivity contribution >= 4 is 5.78 Å². The minimum Gasteiger partial charge on any atom is -0.299 e. The molecule has 1 nitrogen and oxygen atoms in total. The Kier molecular flexibility index (Phi) is 2.69. The Balaban J connectivity index is 2.46. The van der Waals surface area contributed by atoms with Crippen molar-refractivity contribution in [2.45, 2.75) is 40.0 Å². The van der Waals surface area contributed by atoms with E-state index in [4.69, 9.17) is 0 Å². The second-order valence-electron chi connectivity index (χ2n) is 4.15. The van der Waals surface area contributed by atoms with E-state index in [0.29, 0.717) is 23.5 Å². The molecule has 1 aliphatic carbocycles. The highest BCUT2D eigenvalue weighted by atomic mass is 16.1. The first kappa shape index (κ1) is 8.76. The quantitative estimate of drug-likeness (QED) is 0.567. The lowest BCUT2D eigenvalue weighted by molar-refractivity contribution is -0.125. The summed E-state index contributed by atoms with van der Waals surface area (Å²) < 4.78 is 0. The van der Waals surface area contributed by atoms with E-state index in [1.54, 1.807) is 0 Å². The third kappa shape index (κ3) is 2.05. The van der Waals surface area contributed by atoms with Crippen LogP contribution in [0.1, 0.15) is 40.0 Å². The van der Waals surface area contributed by atoms with Crippen LogP contribution in [0.2, 0.25) is 0 Å². The van der Waals surface area contributed by atoms with Crippen LogP contribution in [0, 0.1) is 17.8 Å². The van der Waals surface area contributed by atoms with Gasteiger partial charge in [-0.25, -0.2) is 0 Å². The molecule has 0 radical (unpaired) electrons. The average molecular weight is 154 g/mol. The van der Waals surface area contributed by atoms with Crippen LogP contribution in [0.3, 0.4) is 0 Å². The largest absolute Gasteiger partial charge is 0.299 e. The molecule has 2 atom stereocenters. The standard InChI is InChI=1S/C10H18O/c1-7(2)9-5-4-8(3)10(11)6-9/h7-9H,4-6H2,1-3H3/t8-,9?/m1/s1. The molecule has 1 fully saturated rings. The summed E-state index contributed by atoms with van der Waals surface area (Å²) in [5.41, 5.74) is 0. The number of hydrogen-bond acceptors (Lipinski definition) is 1. The normalized spacial score (nSPS) is 32.9. The molecule has 64 valence electrons. The molecule has 1 heteroatoms. The first-order valence-corrected chi connectivity index (χ1v) is 4.64. The van der Waals surface area contributed by atoms with Gasteiger partial charge in [0.1, 0.15) is 5.78 Å². The van der Waals surface area contributed by atoms with E-state index in [2.05, 4.69) is 20.8 Å². The van der Waals surface area contributed by atoms with Crippen LogP contribution in [0.4, 0.5) is 0 Å². The molecule has 0 aromatic heterocycles. The summed E-state index contributed by atoms with van der Waals surface area (Å²) in [7, 11) is 0. The van der Waals surface area contributed by atoms with Crippen molar-refractivity contribution in [3.05, 3.63) is 0 Å². The van der Waals surface area contributed by atoms with Crippen LogP contribution in [0.25, 0.3) is 0 Å². The number of Topliss-reactive ketones (excluding diaryl/α,β-unsaturated/α-hetero) is 1. The maximum atomic E-state index is 11.3. The third-order valence-corrected chi connectivity index (χ3v) is 2.93. The molecule has 0 N–H and O–H groups in total. The molecule has 0 amide bonds. The van der Waals surface area contributed by atoms with Crippen LogP contribution in [-0.4, -0.2) is 5.78 Å². The van der Waals surface area contributed by atoms with Crippen LogP contribution < -0.4 is 0 Å². The Morgan fingerprint density at radius 3 is 2.45 bits per heavy atom. The van der Waals surface area contributed by atoms with Crippen molar-refractivity contribution in [1.82, 2.24) is 0 Å². The first-order valence-electron chi connectivity index (χ1n) is 4.64. The van der Waals surface area contributed by atoms with E-state index in [1.807, 2.05) is 0 Å². The molecule has 0 saturated heterocycles. The molecule has 0 bridgehead atoms. The van der Waals surface area contributed by atoms with E-state index in [-0.39, 0.29) is 0 Å². The molecular formula is C10H18O. The molecule has 1 aliphatic rings. The van der Waals surface area contributed by atoms with Gasteiger partial charge in [-0.1, -0.05) is 20.8 Å². The average Bonchev–Trinajstić information content (AvgIpc) is 1.94. The summed E-state index contributed by atoms with van der Waals surface area (Å²) in [6, 6.07) is 0. The summed E-state index contributed by atoms with van der Waals surface area (Å²) >= 11 is 0. The van der Waals surface area contributed by atoms with E-state index < -0.39 is 0 Å². The SMILES string of the molecule is CC(C)C1CC[C@@H](C)C(=O)C1. The minimum absolute atomic E-state index is 0.338. The van der Waals surface area contributed by atoms with Crippen molar-refractivity contribution < 1.29 is 4.79 Å². The fourth-order valence-electron chi connectivity index (χ4n) is 1.76. The lowest BCUT2D eigenvalue weighted by Crippen LogP contribution is -2.25. The lowest BCUT2D eigenvalue weighted by Gasteiger charge is -2.27. The highest BCUT2D eigenvalue weighted by molar-refractivity contribution is 5.81. The van der Waals surface area contributed by atoms with Crippen LogP contribution in [0.5, 0.6) is 0 Å². The highest BCUT2D eigenvalue weighted by Crippen LogP contribution is 2.30. The van der Waals surface area contributed by atoms with Gasteiger partial charge in [-0.05, 0) is 24.7 Å². The number of hydrogen-bond donors (Lipinski definition) is 0. The van der Waals surface area contributed by atoms with Crippen molar-refractivity contribution in [2.75, 3.05) is 0 Å². The Morgan fingerprint density at radius 2 is 2.00 bits per heavy atom. The molecule has 1 rings (SSSR count). The first-order chi connectivity index (χ1) is 5.11. The molecule has 0 heterocycles. The van der Waals surface area contributed by atoms with E-state index in [0.717, 1.165) is 12.8 Å². The molecule has 0 aromatic carbocycles. The Hall–Kier alpha value is -0.330. The van der Waals surface area contributed by atoms with Crippen LogP contribution in [-0.2, 0) is 4.79 Å². The summed E-state index contributed by atoms with van der Waals surface area (Å²) in [4.78, 5) is 11.3. The number of carbonyl (C=O) groups excluding carboxylic acids is 1. The predicted molar refractivity (Wildman–Crippen MR) is 46.4 cm³/mol. The monoisotopic (exact) mass is 154 g/mol. The molecular weight excluding hydrogens is 136 g/mol. The molecule has 1 saturated carbocycles. The van der Waals surface area contributed by atoms with E-state index in [1.165, 1.54) is 6.42 Å². The van der Waals surface area contributed by atoms with Crippen molar-refractivity contribution in [3.63, 3.8) is 0 Å². The molecule has 0 aliphatic heterocycles. The molecule has 0 spiro atoms. The number of ketones is 1. The second-order valence-corrected chi connectivity index (χ2v) is 4.15. The second kappa shape index (κ2) is 3.38. The van der Waals surface area contributed by atoms with Gasteiger partial charge >= 0.3 is 0 Å². The van der Waals surface area contributed by atoms with Gasteiger partial charge < -0.3 is 0 Å². The zero-order valence-corrected chi connectivity index (χ0v) is 7.76. The zero-order chi connectivity index (χ0) is 8.43. The van der Waals surface area contributed by atoms with Gasteiger partial charge in [0.05, 0.1) is 0 Å². The van der Waals surface area contributed by atoms with E-state index >= 15 is 0 Å². The Bertz CT molecular complexity index is 149. The summed E-state index contributed by atoms with van der Waals surface area (Å²) in [6.45, 7) is 6.49. The minimum atomic E-state index is 0.338. The summed E-state index contributed by atoms with van der Waals surface area (Å²) in [5, 5.41) is 0. The van der Waals surface area contributed by atoms with Gasteiger partial charge in [-0.3, -0.25) is 4.79 Å². The van der Waals surface area contributed by atoms with Gasteiger partial charge in [0, 0.05) is 12.3 Å². The van der Waals surface area contributed by atoms with Crippen LogP contribution >= 0.6 is 0 Å². The lowest BCUT2D eigenvalue weighted by atomic mass is 9.77. The Morgan fingerprint density at radius 1 is 1.36 bits per heavy atom. The number of carbonyl (C=O) groups is 1. The topological polar surface area (TPSA) is 17.1 Å². The van der Waals surface area contributed by atoms with Crippen molar-refractivity contribution in [1.29, 1.82) is 0 Å². The van der Waals surface area contributed by atoms with E-state index in [9.17, 15) is 4.79 Å². The van der Waals surface area contributed by atoms with Gasteiger partial charge in [0.15, 0.2) is 0 Å². The van der Waals surface area contributed by atoms with Gasteiger partial charge in [-0.15, -0.1) is 0 Å². The van der Waals surface area contributed by atoms with Gasteiger partial charge in [0.2, 0.25) is 0 Å². The zero-order valence-electron chi connectivity index (χ0n) is 7.76. The van der Waals surface area contributed by atoms with Crippen molar-refractivity contribution in [3.8, 4) is 0 Å². The maximum absolute atomic E-state index is 11.3. The number of rotatable bonds is 1. The fourth-order valence-corrected chi connectivity index (χ4v) is 1.76. The molecule has 0 aromatic rings. The maximum Gasteiger partial charge on any atom is 0.135 e. The highest BCUT2D eigenvalue weighted by Gasteiger charge is 2.26. The summed E-state index contributed by atoms with van der Waals surface area (Å²) in [5.74, 6) is 2.17. The predicted octanol–water partition coefficient (Wildman–Crippen LogP) is 2.65.